The number of hydrogen-bond donors (Lipinski definition) is 2. The van der Waals surface area contributed by atoms with Gasteiger partial charge in [-0.2, -0.15) is 13.2 Å². The van der Waals surface area contributed by atoms with Crippen molar-refractivity contribution in [1.29, 1.82) is 0 Å². The summed E-state index contributed by atoms with van der Waals surface area (Å²) in [5.41, 5.74) is 0.967. The molecule has 1 atom stereocenters. The number of alkyl halides is 3. The van der Waals surface area contributed by atoms with Crippen molar-refractivity contribution in [2.45, 2.75) is 23.0 Å². The van der Waals surface area contributed by atoms with E-state index in [4.69, 9.17) is 23.2 Å². The largest absolute Gasteiger partial charge is 0.417 e. The lowest BCUT2D eigenvalue weighted by Crippen LogP contribution is -2.27. The Labute approximate surface area is 265 Å². The van der Waals surface area contributed by atoms with Gasteiger partial charge in [0, 0.05) is 28.5 Å². The second-order valence-electron chi connectivity index (χ2n) is 9.71. The molecule has 44 heavy (non-hydrogen) atoms. The van der Waals surface area contributed by atoms with Gasteiger partial charge >= 0.3 is 6.18 Å². The Balaban J connectivity index is 1.23. The number of anilines is 2. The maximum Gasteiger partial charge on any atom is 0.417 e. The third-order valence-corrected chi connectivity index (χ3v) is 9.87. The summed E-state index contributed by atoms with van der Waals surface area (Å²) in [4.78, 5) is 27.0. The van der Waals surface area contributed by atoms with E-state index in [2.05, 4.69) is 10.0 Å². The lowest BCUT2D eigenvalue weighted by molar-refractivity contribution is -0.137. The smallest absolute Gasteiger partial charge is 0.322 e. The first-order chi connectivity index (χ1) is 20.8. The highest BCUT2D eigenvalue weighted by Gasteiger charge is 2.34. The normalized spacial score (nSPS) is 15.3. The van der Waals surface area contributed by atoms with Crippen molar-refractivity contribution in [2.24, 2.45) is 0 Å². The molecule has 0 radical (unpaired) electrons. The van der Waals surface area contributed by atoms with Crippen LogP contribution in [-0.2, 0) is 27.5 Å². The first kappa shape index (κ1) is 31.7. The predicted molar refractivity (Wildman–Crippen MR) is 165 cm³/mol. The number of amides is 2. The lowest BCUT2D eigenvalue weighted by Gasteiger charge is -2.24. The molecular formula is C30H22Cl2F3N3O4S2. The standard InChI is InChI=1S/C30H22Cl2F3N3O4S2/c31-21-7-1-18(2-8-21)16-38-27(39)17-43-29(38)20-5-3-19(4-6-20)28(40)36-22-9-12-24(13-10-22)44(41,42)37-23-11-14-26(32)25(15-23)30(33,34)35/h1-15,29,37H,16-17H2,(H,36,40)/t29-/m1/s1. The van der Waals surface area contributed by atoms with Crippen LogP contribution in [0.5, 0.6) is 0 Å². The van der Waals surface area contributed by atoms with E-state index in [1.54, 1.807) is 41.3 Å². The van der Waals surface area contributed by atoms with E-state index < -0.39 is 32.7 Å². The zero-order valence-electron chi connectivity index (χ0n) is 22.4. The molecule has 2 amide bonds. The summed E-state index contributed by atoms with van der Waals surface area (Å²) in [6.07, 6.45) is -4.76. The van der Waals surface area contributed by atoms with Crippen LogP contribution in [0.15, 0.2) is 95.9 Å². The van der Waals surface area contributed by atoms with Crippen LogP contribution in [0.3, 0.4) is 0 Å². The third-order valence-electron chi connectivity index (χ3n) is 6.64. The number of hydrogen-bond acceptors (Lipinski definition) is 5. The zero-order valence-corrected chi connectivity index (χ0v) is 25.6. The molecule has 1 heterocycles. The van der Waals surface area contributed by atoms with Gasteiger partial charge < -0.3 is 10.2 Å². The van der Waals surface area contributed by atoms with Crippen LogP contribution in [0.25, 0.3) is 0 Å². The van der Waals surface area contributed by atoms with Gasteiger partial charge in [0.15, 0.2) is 0 Å². The molecule has 1 aliphatic heterocycles. The molecule has 228 valence electrons. The first-order valence-electron chi connectivity index (χ1n) is 12.9. The maximum absolute atomic E-state index is 13.1. The van der Waals surface area contributed by atoms with Gasteiger partial charge in [-0.15, -0.1) is 11.8 Å². The second kappa shape index (κ2) is 12.7. The van der Waals surface area contributed by atoms with Crippen molar-refractivity contribution in [3.8, 4) is 0 Å². The predicted octanol–water partition coefficient (Wildman–Crippen LogP) is 7.84. The maximum atomic E-state index is 13.1. The van der Waals surface area contributed by atoms with E-state index in [1.165, 1.54) is 36.0 Å². The molecule has 14 heteroatoms. The first-order valence-corrected chi connectivity index (χ1v) is 16.2. The molecule has 1 saturated heterocycles. The number of sulfonamides is 1. The van der Waals surface area contributed by atoms with E-state index in [1.807, 2.05) is 12.1 Å². The summed E-state index contributed by atoms with van der Waals surface area (Å²) >= 11 is 13.1. The Kier molecular flexibility index (Phi) is 9.17. The molecule has 1 aliphatic rings. The molecule has 0 bridgehead atoms. The fourth-order valence-electron chi connectivity index (χ4n) is 4.43. The highest BCUT2D eigenvalue weighted by atomic mass is 35.5. The van der Waals surface area contributed by atoms with E-state index in [-0.39, 0.29) is 21.9 Å². The molecule has 4 aromatic rings. The molecule has 0 aliphatic carbocycles. The minimum atomic E-state index is -4.76. The lowest BCUT2D eigenvalue weighted by atomic mass is 10.1. The minimum Gasteiger partial charge on any atom is -0.322 e. The highest BCUT2D eigenvalue weighted by molar-refractivity contribution is 8.00. The van der Waals surface area contributed by atoms with Crippen molar-refractivity contribution in [2.75, 3.05) is 15.8 Å². The van der Waals surface area contributed by atoms with Gasteiger partial charge in [0.25, 0.3) is 15.9 Å². The zero-order chi connectivity index (χ0) is 31.6. The Hall–Kier alpha value is -3.71. The summed E-state index contributed by atoms with van der Waals surface area (Å²) in [5.74, 6) is -0.0910. The van der Waals surface area contributed by atoms with Crippen molar-refractivity contribution < 1.29 is 31.2 Å². The van der Waals surface area contributed by atoms with Crippen LogP contribution in [-0.4, -0.2) is 30.9 Å². The Morgan fingerprint density at radius 3 is 2.18 bits per heavy atom. The molecule has 1 fully saturated rings. The Morgan fingerprint density at radius 2 is 1.55 bits per heavy atom. The van der Waals surface area contributed by atoms with Gasteiger partial charge in [-0.3, -0.25) is 14.3 Å². The number of carbonyl (C=O) groups is 2. The van der Waals surface area contributed by atoms with Gasteiger partial charge in [0.2, 0.25) is 5.91 Å². The Morgan fingerprint density at radius 1 is 0.909 bits per heavy atom. The van der Waals surface area contributed by atoms with Crippen molar-refractivity contribution in [1.82, 2.24) is 4.90 Å². The van der Waals surface area contributed by atoms with E-state index in [9.17, 15) is 31.2 Å². The fraction of sp³-hybridized carbons (Fsp3) is 0.133. The molecule has 4 aromatic carbocycles. The molecule has 0 unspecified atom stereocenters. The molecule has 0 spiro atoms. The topological polar surface area (TPSA) is 95.6 Å². The molecule has 5 rings (SSSR count). The number of benzene rings is 4. The third kappa shape index (κ3) is 7.32. The van der Waals surface area contributed by atoms with Gasteiger partial charge in [-0.25, -0.2) is 8.42 Å². The van der Waals surface area contributed by atoms with Crippen LogP contribution in [0, 0.1) is 0 Å². The van der Waals surface area contributed by atoms with Crippen LogP contribution in [0.2, 0.25) is 10.0 Å². The Bertz CT molecular complexity index is 1800. The van der Waals surface area contributed by atoms with Crippen LogP contribution in [0.1, 0.15) is 32.4 Å². The number of carbonyl (C=O) groups excluding carboxylic acids is 2. The van der Waals surface area contributed by atoms with Crippen LogP contribution < -0.4 is 10.0 Å². The van der Waals surface area contributed by atoms with Crippen molar-refractivity contribution in [3.63, 3.8) is 0 Å². The average molecular weight is 681 g/mol. The second-order valence-corrected chi connectivity index (χ2v) is 13.3. The fourth-order valence-corrected chi connectivity index (χ4v) is 7.02. The summed E-state index contributed by atoms with van der Waals surface area (Å²) in [5, 5.41) is 2.52. The van der Waals surface area contributed by atoms with Crippen LogP contribution >= 0.6 is 35.0 Å². The summed E-state index contributed by atoms with van der Waals surface area (Å²) in [7, 11) is -4.24. The van der Waals surface area contributed by atoms with E-state index in [0.29, 0.717) is 34.6 Å². The van der Waals surface area contributed by atoms with Gasteiger partial charge in [0.1, 0.15) is 5.37 Å². The number of halogens is 5. The van der Waals surface area contributed by atoms with Gasteiger partial charge in [0.05, 0.1) is 21.2 Å². The average Bonchev–Trinajstić information content (AvgIpc) is 3.34. The molecule has 0 saturated carbocycles. The summed E-state index contributed by atoms with van der Waals surface area (Å²) < 4.78 is 67.1. The monoisotopic (exact) mass is 679 g/mol. The van der Waals surface area contributed by atoms with E-state index in [0.717, 1.165) is 23.3 Å². The number of thioether (sulfide) groups is 1. The van der Waals surface area contributed by atoms with E-state index >= 15 is 0 Å². The SMILES string of the molecule is O=C(Nc1ccc(S(=O)(=O)Nc2ccc(Cl)c(C(F)(F)F)c2)cc1)c1ccc([C@H]2SCC(=O)N2Cc2ccc(Cl)cc2)cc1. The minimum absolute atomic E-state index is 0.0108. The summed E-state index contributed by atoms with van der Waals surface area (Å²) in [6, 6.07) is 22.0. The molecule has 7 nitrogen and oxygen atoms in total. The van der Waals surface area contributed by atoms with Crippen molar-refractivity contribution in [3.05, 3.63) is 123 Å². The number of nitrogens with one attached hydrogen (secondary N) is 2. The van der Waals surface area contributed by atoms with Crippen LogP contribution in [0.4, 0.5) is 24.5 Å². The highest BCUT2D eigenvalue weighted by Crippen LogP contribution is 2.40. The number of rotatable bonds is 8. The molecule has 0 aromatic heterocycles. The molecule has 2 N–H and O–H groups in total. The molecular weight excluding hydrogens is 658 g/mol. The summed E-state index contributed by atoms with van der Waals surface area (Å²) in [6.45, 7) is 0.422. The van der Waals surface area contributed by atoms with Gasteiger partial charge in [-0.1, -0.05) is 47.5 Å². The van der Waals surface area contributed by atoms with Gasteiger partial charge in [-0.05, 0) is 77.9 Å². The van der Waals surface area contributed by atoms with Crippen molar-refractivity contribution >= 4 is 68.2 Å². The number of nitrogens with zero attached hydrogens (tertiary/aromatic N) is 1. The quantitative estimate of drug-likeness (QED) is 0.198.